The average Bonchev–Trinajstić information content (AvgIpc) is 3.40. The molecule has 0 aliphatic heterocycles. The normalized spacial score (nSPS) is 11.8. The Bertz CT molecular complexity index is 1810. The fraction of sp³-hybridized carbons (Fsp3) is 0.226. The van der Waals surface area contributed by atoms with Gasteiger partial charge in [0.05, 0.1) is 41.1 Å². The number of rotatable bonds is 9. The first-order chi connectivity index (χ1) is 20.0. The summed E-state index contributed by atoms with van der Waals surface area (Å²) in [6, 6.07) is 17.5. The number of aryl methyl sites for hydroxylation is 1. The van der Waals surface area contributed by atoms with Gasteiger partial charge in [0.2, 0.25) is 5.91 Å². The fourth-order valence-electron chi connectivity index (χ4n) is 4.97. The third-order valence-corrected chi connectivity index (χ3v) is 7.96. The average molecular weight is 598 g/mol. The molecule has 2 heterocycles. The molecule has 0 aliphatic carbocycles. The maximum Gasteiger partial charge on any atom is 0.417 e. The highest BCUT2D eigenvalue weighted by atomic mass is 32.1. The van der Waals surface area contributed by atoms with Gasteiger partial charge in [0, 0.05) is 31.0 Å². The molecule has 6 nitrogen and oxygen atoms in total. The van der Waals surface area contributed by atoms with E-state index in [0.717, 1.165) is 29.0 Å². The smallest absolute Gasteiger partial charge is 0.375 e. The zero-order valence-electron chi connectivity index (χ0n) is 22.8. The molecule has 0 saturated heterocycles. The van der Waals surface area contributed by atoms with Gasteiger partial charge in [-0.1, -0.05) is 59.9 Å². The summed E-state index contributed by atoms with van der Waals surface area (Å²) in [5.41, 5.74) is 1.91. The Morgan fingerprint density at radius 2 is 1.76 bits per heavy atom. The second kappa shape index (κ2) is 11.9. The number of alkyl halides is 3. The van der Waals surface area contributed by atoms with Crippen LogP contribution in [0.5, 0.6) is 0 Å². The van der Waals surface area contributed by atoms with Gasteiger partial charge in [-0.2, -0.15) is 13.2 Å². The summed E-state index contributed by atoms with van der Waals surface area (Å²) in [5, 5.41) is 2.66. The molecular weight excluding hydrogens is 570 g/mol. The number of nitrogens with one attached hydrogen (secondary N) is 1. The SMILES string of the molecule is Cc1c(CC(=O)Nc2cc(F)c3c(c2)sc(=O)n3C)cn(CCOCc2ccccc2)c1-c1ccccc1C(F)(F)F. The largest absolute Gasteiger partial charge is 0.417 e. The first-order valence-corrected chi connectivity index (χ1v) is 13.9. The second-order valence-electron chi connectivity index (χ2n) is 9.86. The summed E-state index contributed by atoms with van der Waals surface area (Å²) in [6.45, 7) is 2.52. The number of hydrogen-bond donors (Lipinski definition) is 1. The second-order valence-corrected chi connectivity index (χ2v) is 10.9. The van der Waals surface area contributed by atoms with Crippen molar-refractivity contribution in [1.29, 1.82) is 0 Å². The van der Waals surface area contributed by atoms with E-state index in [1.54, 1.807) is 23.8 Å². The molecule has 0 atom stereocenters. The van der Waals surface area contributed by atoms with Crippen LogP contribution in [0, 0.1) is 12.7 Å². The molecule has 3 aromatic carbocycles. The lowest BCUT2D eigenvalue weighted by Crippen LogP contribution is -2.15. The molecule has 0 radical (unpaired) electrons. The molecule has 0 aliphatic rings. The van der Waals surface area contributed by atoms with Crippen molar-refractivity contribution in [3.63, 3.8) is 0 Å². The molecule has 5 rings (SSSR count). The van der Waals surface area contributed by atoms with Crippen LogP contribution in [0.1, 0.15) is 22.3 Å². The van der Waals surface area contributed by atoms with E-state index in [1.807, 2.05) is 30.3 Å². The van der Waals surface area contributed by atoms with Crippen molar-refractivity contribution in [2.24, 2.45) is 7.05 Å². The van der Waals surface area contributed by atoms with Gasteiger partial charge >= 0.3 is 11.0 Å². The Hall–Kier alpha value is -4.22. The zero-order chi connectivity index (χ0) is 30.0. The summed E-state index contributed by atoms with van der Waals surface area (Å²) in [4.78, 5) is 24.7. The van der Waals surface area contributed by atoms with Gasteiger partial charge in [-0.15, -0.1) is 0 Å². The van der Waals surface area contributed by atoms with E-state index < -0.39 is 23.5 Å². The quantitative estimate of drug-likeness (QED) is 0.148. The van der Waals surface area contributed by atoms with Gasteiger partial charge in [0.1, 0.15) is 5.82 Å². The molecule has 0 bridgehead atoms. The van der Waals surface area contributed by atoms with Crippen LogP contribution < -0.4 is 10.2 Å². The van der Waals surface area contributed by atoms with E-state index in [4.69, 9.17) is 4.74 Å². The minimum atomic E-state index is -4.58. The van der Waals surface area contributed by atoms with Gasteiger partial charge < -0.3 is 14.6 Å². The van der Waals surface area contributed by atoms with Crippen molar-refractivity contribution >= 4 is 33.1 Å². The number of halogens is 4. The van der Waals surface area contributed by atoms with Crippen LogP contribution in [0.15, 0.2) is 77.7 Å². The van der Waals surface area contributed by atoms with Crippen molar-refractivity contribution in [2.45, 2.75) is 32.7 Å². The summed E-state index contributed by atoms with van der Waals surface area (Å²) in [5.74, 6) is -1.12. The molecular formula is C31H27F4N3O3S. The van der Waals surface area contributed by atoms with E-state index in [0.29, 0.717) is 28.1 Å². The summed E-state index contributed by atoms with van der Waals surface area (Å²) < 4.78 is 65.7. The maximum atomic E-state index is 14.7. The number of nitrogens with zero attached hydrogens (tertiary/aromatic N) is 2. The predicted molar refractivity (Wildman–Crippen MR) is 155 cm³/mol. The molecule has 0 saturated carbocycles. The van der Waals surface area contributed by atoms with E-state index in [1.165, 1.54) is 29.8 Å². The third kappa shape index (κ3) is 6.17. The molecule has 5 aromatic rings. The highest BCUT2D eigenvalue weighted by Gasteiger charge is 2.34. The number of hydrogen-bond acceptors (Lipinski definition) is 4. The van der Waals surface area contributed by atoms with E-state index in [9.17, 15) is 27.2 Å². The first kappa shape index (κ1) is 29.3. The molecule has 0 spiro atoms. The molecule has 2 aromatic heterocycles. The monoisotopic (exact) mass is 597 g/mol. The first-order valence-electron chi connectivity index (χ1n) is 13.1. The Morgan fingerprint density at radius 3 is 2.50 bits per heavy atom. The standard InChI is InChI=1S/C31H27F4N3O3S/c1-19-21(14-27(39)36-22-15-25(32)29-26(16-22)42-30(40)37(29)2)17-38(12-13-41-18-20-8-4-3-5-9-20)28(19)23-10-6-7-11-24(23)31(33,34)35/h3-11,15-17H,12-14,18H2,1-2H3,(H,36,39). The summed E-state index contributed by atoms with van der Waals surface area (Å²) in [6.07, 6.45) is -3.07. The van der Waals surface area contributed by atoms with E-state index >= 15 is 0 Å². The van der Waals surface area contributed by atoms with Crippen LogP contribution in [-0.4, -0.2) is 21.6 Å². The number of aromatic nitrogens is 2. The minimum absolute atomic E-state index is 0.00345. The van der Waals surface area contributed by atoms with Crippen LogP contribution in [0.25, 0.3) is 21.5 Å². The van der Waals surface area contributed by atoms with Crippen LogP contribution in [-0.2, 0) is 42.3 Å². The highest BCUT2D eigenvalue weighted by molar-refractivity contribution is 7.16. The number of ether oxygens (including phenoxy) is 1. The van der Waals surface area contributed by atoms with E-state index in [-0.39, 0.29) is 41.2 Å². The van der Waals surface area contributed by atoms with E-state index in [2.05, 4.69) is 5.32 Å². The number of carbonyl (C=O) groups excluding carboxylic acids is 1. The Morgan fingerprint density at radius 1 is 1.05 bits per heavy atom. The van der Waals surface area contributed by atoms with Gasteiger partial charge in [0.25, 0.3) is 0 Å². The molecule has 0 unspecified atom stereocenters. The summed E-state index contributed by atoms with van der Waals surface area (Å²) >= 11 is 0.864. The molecule has 1 amide bonds. The van der Waals surface area contributed by atoms with Gasteiger partial charge in [-0.25, -0.2) is 4.39 Å². The van der Waals surface area contributed by atoms with Crippen molar-refractivity contribution in [3.05, 3.63) is 111 Å². The van der Waals surface area contributed by atoms with Gasteiger partial charge in [-0.05, 0) is 41.8 Å². The van der Waals surface area contributed by atoms with Crippen LogP contribution in [0.2, 0.25) is 0 Å². The Labute approximate surface area is 242 Å². The minimum Gasteiger partial charge on any atom is -0.375 e. The van der Waals surface area contributed by atoms with Crippen LogP contribution >= 0.6 is 11.3 Å². The predicted octanol–water partition coefficient (Wildman–Crippen LogP) is 6.93. The number of fused-ring (bicyclic) bond motifs is 1. The molecule has 218 valence electrons. The molecule has 0 fully saturated rings. The van der Waals surface area contributed by atoms with Crippen molar-refractivity contribution < 1.29 is 27.1 Å². The lowest BCUT2D eigenvalue weighted by Gasteiger charge is -2.16. The number of benzene rings is 3. The topological polar surface area (TPSA) is 65.3 Å². The molecule has 1 N–H and O–H groups in total. The molecule has 11 heteroatoms. The van der Waals surface area contributed by atoms with Crippen molar-refractivity contribution in [2.75, 3.05) is 11.9 Å². The van der Waals surface area contributed by atoms with Gasteiger partial charge in [0.15, 0.2) is 0 Å². The lowest BCUT2D eigenvalue weighted by molar-refractivity contribution is -0.137. The summed E-state index contributed by atoms with van der Waals surface area (Å²) in [7, 11) is 1.47. The van der Waals surface area contributed by atoms with Crippen molar-refractivity contribution in [1.82, 2.24) is 9.13 Å². The lowest BCUT2D eigenvalue weighted by atomic mass is 9.99. The Balaban J connectivity index is 1.42. The maximum absolute atomic E-state index is 14.7. The number of carbonyl (C=O) groups is 1. The fourth-order valence-corrected chi connectivity index (χ4v) is 5.91. The zero-order valence-corrected chi connectivity index (χ0v) is 23.6. The number of amides is 1. The van der Waals surface area contributed by atoms with Crippen LogP contribution in [0.4, 0.5) is 23.2 Å². The number of anilines is 1. The van der Waals surface area contributed by atoms with Gasteiger partial charge in [-0.3, -0.25) is 14.2 Å². The molecule has 42 heavy (non-hydrogen) atoms. The Kier molecular flexibility index (Phi) is 8.33. The highest BCUT2D eigenvalue weighted by Crippen LogP contribution is 2.39. The number of thiazole rings is 1. The third-order valence-electron chi connectivity index (χ3n) is 6.98. The van der Waals surface area contributed by atoms with Crippen molar-refractivity contribution in [3.8, 4) is 11.3 Å². The van der Waals surface area contributed by atoms with Crippen LogP contribution in [0.3, 0.4) is 0 Å².